The number of carbonyl (C=O) groups excluding carboxylic acids is 1. The maximum Gasteiger partial charge on any atom is 0.235 e. The second-order valence-electron chi connectivity index (χ2n) is 5.67. The van der Waals surface area contributed by atoms with Gasteiger partial charge in [-0.05, 0) is 31.0 Å². The minimum atomic E-state index is -0.721. The summed E-state index contributed by atoms with van der Waals surface area (Å²) in [6.45, 7) is 1.11. The van der Waals surface area contributed by atoms with Gasteiger partial charge in [0, 0.05) is 19.2 Å². The lowest BCUT2D eigenvalue weighted by Gasteiger charge is -2.31. The minimum Gasteiger partial charge on any atom is -0.495 e. The van der Waals surface area contributed by atoms with Gasteiger partial charge in [0.15, 0.2) is 5.79 Å². The molecule has 120 valence electrons. The molecule has 1 aliphatic heterocycles. The average molecular weight is 326 g/mol. The quantitative estimate of drug-likeness (QED) is 0.857. The van der Waals surface area contributed by atoms with E-state index in [-0.39, 0.29) is 11.8 Å². The van der Waals surface area contributed by atoms with Gasteiger partial charge in [0.25, 0.3) is 0 Å². The lowest BCUT2D eigenvalue weighted by molar-refractivity contribution is -0.185. The van der Waals surface area contributed by atoms with E-state index in [1.807, 2.05) is 6.07 Å². The monoisotopic (exact) mass is 325 g/mol. The Bertz CT molecular complexity index is 566. The second kappa shape index (κ2) is 6.07. The van der Waals surface area contributed by atoms with E-state index in [0.717, 1.165) is 24.9 Å². The molecule has 1 aliphatic carbocycles. The molecule has 1 spiro atoms. The van der Waals surface area contributed by atoms with Crippen LogP contribution in [0.2, 0.25) is 5.02 Å². The normalized spacial score (nSPS) is 23.0. The Kier molecular flexibility index (Phi) is 4.30. The number of hydrogen-bond donors (Lipinski definition) is 0. The Balaban J connectivity index is 1.81. The van der Waals surface area contributed by atoms with Gasteiger partial charge in [0.2, 0.25) is 5.91 Å². The minimum absolute atomic E-state index is 0.000587. The highest BCUT2D eigenvalue weighted by Crippen LogP contribution is 2.43. The molecule has 1 saturated carbocycles. The molecule has 1 saturated heterocycles. The third-order valence-electron chi connectivity index (χ3n) is 4.48. The van der Waals surface area contributed by atoms with E-state index >= 15 is 0 Å². The van der Waals surface area contributed by atoms with Crippen molar-refractivity contribution in [3.8, 4) is 5.75 Å². The number of benzene rings is 1. The molecule has 1 atom stereocenters. The van der Waals surface area contributed by atoms with Gasteiger partial charge < -0.3 is 19.1 Å². The summed E-state index contributed by atoms with van der Waals surface area (Å²) in [5.74, 6) is -0.394. The van der Waals surface area contributed by atoms with Gasteiger partial charge in [0.05, 0.1) is 31.3 Å². The number of methoxy groups -OCH3 is 1. The molecule has 6 heteroatoms. The predicted molar refractivity (Wildman–Crippen MR) is 83.4 cm³/mol. The zero-order chi connectivity index (χ0) is 15.7. The third kappa shape index (κ3) is 2.57. The van der Waals surface area contributed by atoms with Gasteiger partial charge in [-0.2, -0.15) is 0 Å². The van der Waals surface area contributed by atoms with Crippen LogP contribution in [-0.2, 0) is 14.3 Å². The van der Waals surface area contributed by atoms with E-state index < -0.39 is 5.79 Å². The van der Waals surface area contributed by atoms with Crippen molar-refractivity contribution in [2.24, 2.45) is 5.92 Å². The highest BCUT2D eigenvalue weighted by molar-refractivity contribution is 6.32. The summed E-state index contributed by atoms with van der Waals surface area (Å²) >= 11 is 6.15. The van der Waals surface area contributed by atoms with Crippen LogP contribution in [0.4, 0.5) is 5.69 Å². The summed E-state index contributed by atoms with van der Waals surface area (Å²) in [6, 6.07) is 5.31. The van der Waals surface area contributed by atoms with Crippen molar-refractivity contribution in [1.29, 1.82) is 0 Å². The van der Waals surface area contributed by atoms with E-state index in [1.165, 1.54) is 0 Å². The third-order valence-corrected chi connectivity index (χ3v) is 4.77. The molecule has 2 aliphatic rings. The fourth-order valence-corrected chi connectivity index (χ4v) is 3.55. The van der Waals surface area contributed by atoms with Crippen LogP contribution in [0.15, 0.2) is 18.2 Å². The van der Waals surface area contributed by atoms with Crippen LogP contribution in [0.25, 0.3) is 0 Å². The molecular formula is C16H20ClNO4. The number of carbonyl (C=O) groups is 1. The topological polar surface area (TPSA) is 48.0 Å². The SMILES string of the molecule is COc1ccc(N(C)C(=O)C2CCCC23OCCO3)cc1Cl. The zero-order valence-electron chi connectivity index (χ0n) is 12.8. The van der Waals surface area contributed by atoms with Crippen LogP contribution >= 0.6 is 11.6 Å². The molecule has 5 nitrogen and oxygen atoms in total. The molecule has 22 heavy (non-hydrogen) atoms. The lowest BCUT2D eigenvalue weighted by atomic mass is 10.0. The Morgan fingerprint density at radius 3 is 2.77 bits per heavy atom. The van der Waals surface area contributed by atoms with E-state index in [1.54, 1.807) is 31.2 Å². The van der Waals surface area contributed by atoms with Gasteiger partial charge in [-0.25, -0.2) is 0 Å². The molecule has 2 fully saturated rings. The number of nitrogens with zero attached hydrogens (tertiary/aromatic N) is 1. The molecule has 1 unspecified atom stereocenters. The van der Waals surface area contributed by atoms with Crippen molar-refractivity contribution in [3.05, 3.63) is 23.2 Å². The Labute approximate surface area is 135 Å². The summed E-state index contributed by atoms with van der Waals surface area (Å²) in [4.78, 5) is 14.5. The van der Waals surface area contributed by atoms with E-state index in [2.05, 4.69) is 0 Å². The van der Waals surface area contributed by atoms with E-state index in [4.69, 9.17) is 25.8 Å². The lowest BCUT2D eigenvalue weighted by Crippen LogP contribution is -2.45. The van der Waals surface area contributed by atoms with Crippen LogP contribution in [0.3, 0.4) is 0 Å². The molecular weight excluding hydrogens is 306 g/mol. The maximum atomic E-state index is 12.9. The van der Waals surface area contributed by atoms with Crippen molar-refractivity contribution in [2.75, 3.05) is 32.3 Å². The van der Waals surface area contributed by atoms with Gasteiger partial charge in [-0.3, -0.25) is 4.79 Å². The van der Waals surface area contributed by atoms with Crippen molar-refractivity contribution in [2.45, 2.75) is 25.0 Å². The average Bonchev–Trinajstić information content (AvgIpc) is 3.16. The summed E-state index contributed by atoms with van der Waals surface area (Å²) in [7, 11) is 3.31. The number of hydrogen-bond acceptors (Lipinski definition) is 4. The molecule has 1 aromatic carbocycles. The number of anilines is 1. The first kappa shape index (κ1) is 15.6. The number of rotatable bonds is 3. The van der Waals surface area contributed by atoms with Crippen LogP contribution in [0.1, 0.15) is 19.3 Å². The molecule has 3 rings (SSSR count). The molecule has 1 amide bonds. The number of amides is 1. The fraction of sp³-hybridized carbons (Fsp3) is 0.562. The summed E-state index contributed by atoms with van der Waals surface area (Å²) in [5, 5.41) is 0.481. The van der Waals surface area contributed by atoms with Crippen molar-refractivity contribution >= 4 is 23.2 Å². The first-order valence-corrected chi connectivity index (χ1v) is 7.84. The number of halogens is 1. The van der Waals surface area contributed by atoms with Crippen LogP contribution in [0.5, 0.6) is 5.75 Å². The number of ether oxygens (including phenoxy) is 3. The molecule has 0 aromatic heterocycles. The summed E-state index contributed by atoms with van der Waals surface area (Å²) < 4.78 is 16.7. The van der Waals surface area contributed by atoms with Crippen LogP contribution < -0.4 is 9.64 Å². The van der Waals surface area contributed by atoms with E-state index in [0.29, 0.717) is 24.0 Å². The Hall–Kier alpha value is -1.30. The van der Waals surface area contributed by atoms with Crippen molar-refractivity contribution < 1.29 is 19.0 Å². The molecule has 0 bridgehead atoms. The zero-order valence-corrected chi connectivity index (χ0v) is 13.6. The fourth-order valence-electron chi connectivity index (χ4n) is 3.30. The molecule has 0 N–H and O–H groups in total. The predicted octanol–water partition coefficient (Wildman–Crippen LogP) is 2.85. The van der Waals surface area contributed by atoms with Crippen LogP contribution in [0, 0.1) is 5.92 Å². The maximum absolute atomic E-state index is 12.9. The van der Waals surface area contributed by atoms with Gasteiger partial charge in [-0.15, -0.1) is 0 Å². The van der Waals surface area contributed by atoms with Gasteiger partial charge in [-0.1, -0.05) is 11.6 Å². The molecule has 1 aromatic rings. The summed E-state index contributed by atoms with van der Waals surface area (Å²) in [6.07, 6.45) is 2.50. The van der Waals surface area contributed by atoms with Gasteiger partial charge >= 0.3 is 0 Å². The standard InChI is InChI=1S/C16H20ClNO4/c1-18(11-5-6-14(20-2)13(17)10-11)15(19)12-4-3-7-16(12)21-8-9-22-16/h5-6,10,12H,3-4,7-9H2,1-2H3. The molecule has 0 radical (unpaired) electrons. The smallest absolute Gasteiger partial charge is 0.235 e. The van der Waals surface area contributed by atoms with Gasteiger partial charge in [0.1, 0.15) is 5.75 Å². The largest absolute Gasteiger partial charge is 0.495 e. The van der Waals surface area contributed by atoms with Crippen LogP contribution in [-0.4, -0.2) is 39.1 Å². The highest BCUT2D eigenvalue weighted by atomic mass is 35.5. The summed E-state index contributed by atoms with van der Waals surface area (Å²) in [5.41, 5.74) is 0.732. The van der Waals surface area contributed by atoms with Crippen molar-refractivity contribution in [3.63, 3.8) is 0 Å². The first-order chi connectivity index (χ1) is 10.6. The van der Waals surface area contributed by atoms with Crippen molar-refractivity contribution in [1.82, 2.24) is 0 Å². The first-order valence-electron chi connectivity index (χ1n) is 7.46. The Morgan fingerprint density at radius 1 is 1.41 bits per heavy atom. The highest BCUT2D eigenvalue weighted by Gasteiger charge is 2.52. The second-order valence-corrected chi connectivity index (χ2v) is 6.08. The molecule has 1 heterocycles. The Morgan fingerprint density at radius 2 is 2.14 bits per heavy atom. The van der Waals surface area contributed by atoms with E-state index in [9.17, 15) is 4.79 Å².